The van der Waals surface area contributed by atoms with E-state index < -0.39 is 16.1 Å². The van der Waals surface area contributed by atoms with Crippen LogP contribution < -0.4 is 4.72 Å². The van der Waals surface area contributed by atoms with E-state index in [0.29, 0.717) is 6.42 Å². The second-order valence-electron chi connectivity index (χ2n) is 2.97. The summed E-state index contributed by atoms with van der Waals surface area (Å²) in [5.41, 5.74) is 0. The maximum atomic E-state index is 11.4. The summed E-state index contributed by atoms with van der Waals surface area (Å²) < 4.78 is 25.2. The molecule has 0 aliphatic rings. The smallest absolute Gasteiger partial charge is 0.243 e. The molecular weight excluding hydrogens is 206 g/mol. The number of aliphatic hydroxyl groups is 1. The molecule has 0 amide bonds. The molecule has 6 nitrogen and oxygen atoms in total. The molecule has 1 rings (SSSR count). The fraction of sp³-hybridized carbons (Fsp3) is 0.571. The number of rotatable bonds is 5. The number of hydrogen-bond donors (Lipinski definition) is 3. The van der Waals surface area contributed by atoms with Crippen LogP contribution in [0.3, 0.4) is 0 Å². The Kier molecular flexibility index (Phi) is 3.62. The van der Waals surface area contributed by atoms with Crippen LogP contribution in [0, 0.1) is 0 Å². The Morgan fingerprint density at radius 1 is 1.71 bits per heavy atom. The third-order valence-electron chi connectivity index (χ3n) is 1.64. The molecule has 1 aromatic rings. The number of nitrogens with zero attached hydrogens (tertiary/aromatic N) is 1. The van der Waals surface area contributed by atoms with Gasteiger partial charge in [-0.05, 0) is 13.3 Å². The Hall–Kier alpha value is -0.920. The van der Waals surface area contributed by atoms with Crippen LogP contribution in [0.5, 0.6) is 0 Å². The van der Waals surface area contributed by atoms with Crippen molar-refractivity contribution in [1.29, 1.82) is 0 Å². The van der Waals surface area contributed by atoms with Gasteiger partial charge in [0.1, 0.15) is 4.90 Å². The summed E-state index contributed by atoms with van der Waals surface area (Å²) >= 11 is 0. The first kappa shape index (κ1) is 11.2. The van der Waals surface area contributed by atoms with Crippen LogP contribution >= 0.6 is 0 Å². The fourth-order valence-electron chi connectivity index (χ4n) is 0.872. The Balaban J connectivity index is 2.52. The van der Waals surface area contributed by atoms with E-state index in [4.69, 9.17) is 5.11 Å². The van der Waals surface area contributed by atoms with E-state index in [-0.39, 0.29) is 11.4 Å². The van der Waals surface area contributed by atoms with E-state index >= 15 is 0 Å². The Labute approximate surface area is 82.4 Å². The number of aromatic amines is 1. The van der Waals surface area contributed by atoms with Gasteiger partial charge in [-0.3, -0.25) is 5.10 Å². The molecule has 0 aliphatic carbocycles. The zero-order chi connectivity index (χ0) is 10.6. The van der Waals surface area contributed by atoms with E-state index in [9.17, 15) is 8.42 Å². The molecule has 0 saturated carbocycles. The molecule has 7 heteroatoms. The summed E-state index contributed by atoms with van der Waals surface area (Å²) in [7, 11) is -3.47. The zero-order valence-electron chi connectivity index (χ0n) is 7.77. The first-order valence-corrected chi connectivity index (χ1v) is 5.67. The summed E-state index contributed by atoms with van der Waals surface area (Å²) in [4.78, 5) is 0.100. The van der Waals surface area contributed by atoms with Gasteiger partial charge >= 0.3 is 0 Å². The molecule has 0 fully saturated rings. The number of aliphatic hydroxyl groups excluding tert-OH is 1. The van der Waals surface area contributed by atoms with Gasteiger partial charge in [0.2, 0.25) is 10.0 Å². The van der Waals surface area contributed by atoms with Gasteiger partial charge in [0, 0.05) is 12.7 Å². The van der Waals surface area contributed by atoms with Crippen LogP contribution in [0.25, 0.3) is 0 Å². The SMILES string of the molecule is CC(O)CCNS(=O)(=O)c1cn[nH]c1. The Bertz CT molecular complexity index is 358. The van der Waals surface area contributed by atoms with E-state index in [0.717, 1.165) is 0 Å². The summed E-state index contributed by atoms with van der Waals surface area (Å²) in [5.74, 6) is 0. The minimum atomic E-state index is -3.47. The van der Waals surface area contributed by atoms with Crippen molar-refractivity contribution < 1.29 is 13.5 Å². The molecular formula is C7H13N3O3S. The van der Waals surface area contributed by atoms with Gasteiger partial charge < -0.3 is 5.11 Å². The zero-order valence-corrected chi connectivity index (χ0v) is 8.58. The lowest BCUT2D eigenvalue weighted by atomic mass is 10.3. The van der Waals surface area contributed by atoms with E-state index in [1.54, 1.807) is 6.92 Å². The van der Waals surface area contributed by atoms with Gasteiger partial charge in [-0.2, -0.15) is 5.10 Å². The molecule has 1 aromatic heterocycles. The lowest BCUT2D eigenvalue weighted by Gasteiger charge is -2.05. The maximum Gasteiger partial charge on any atom is 0.243 e. The lowest BCUT2D eigenvalue weighted by Crippen LogP contribution is -2.26. The Morgan fingerprint density at radius 3 is 2.93 bits per heavy atom. The predicted octanol–water partition coefficient (Wildman–Crippen LogP) is -0.541. The van der Waals surface area contributed by atoms with Gasteiger partial charge in [-0.15, -0.1) is 0 Å². The molecule has 14 heavy (non-hydrogen) atoms. The molecule has 1 unspecified atom stereocenters. The summed E-state index contributed by atoms with van der Waals surface area (Å²) in [5, 5.41) is 14.9. The highest BCUT2D eigenvalue weighted by Crippen LogP contribution is 2.03. The second kappa shape index (κ2) is 4.54. The largest absolute Gasteiger partial charge is 0.393 e. The molecule has 1 atom stereocenters. The van der Waals surface area contributed by atoms with E-state index in [1.807, 2.05) is 0 Å². The Morgan fingerprint density at radius 2 is 2.43 bits per heavy atom. The van der Waals surface area contributed by atoms with E-state index in [1.165, 1.54) is 12.4 Å². The van der Waals surface area contributed by atoms with Crippen molar-refractivity contribution in [3.05, 3.63) is 12.4 Å². The molecule has 80 valence electrons. The molecule has 0 radical (unpaired) electrons. The fourth-order valence-corrected chi connectivity index (χ4v) is 1.82. The average molecular weight is 219 g/mol. The highest BCUT2D eigenvalue weighted by molar-refractivity contribution is 7.89. The normalized spacial score (nSPS) is 14.1. The molecule has 3 N–H and O–H groups in total. The molecule has 1 heterocycles. The van der Waals surface area contributed by atoms with Crippen molar-refractivity contribution in [2.75, 3.05) is 6.54 Å². The summed E-state index contributed by atoms with van der Waals surface area (Å²) in [6.07, 6.45) is 2.40. The maximum absolute atomic E-state index is 11.4. The summed E-state index contributed by atoms with van der Waals surface area (Å²) in [6, 6.07) is 0. The van der Waals surface area contributed by atoms with Crippen LogP contribution in [-0.4, -0.2) is 36.4 Å². The van der Waals surface area contributed by atoms with Gasteiger partial charge in [-0.1, -0.05) is 0 Å². The quantitative estimate of drug-likeness (QED) is 0.619. The first-order valence-electron chi connectivity index (χ1n) is 4.19. The number of aromatic nitrogens is 2. The van der Waals surface area contributed by atoms with Gasteiger partial charge in [-0.25, -0.2) is 13.1 Å². The van der Waals surface area contributed by atoms with Crippen LogP contribution in [0.4, 0.5) is 0 Å². The third-order valence-corrected chi connectivity index (χ3v) is 3.07. The van der Waals surface area contributed by atoms with Gasteiger partial charge in [0.15, 0.2) is 0 Å². The number of nitrogens with one attached hydrogen (secondary N) is 2. The number of hydrogen-bond acceptors (Lipinski definition) is 4. The lowest BCUT2D eigenvalue weighted by molar-refractivity contribution is 0.186. The van der Waals surface area contributed by atoms with Crippen molar-refractivity contribution in [2.24, 2.45) is 0 Å². The van der Waals surface area contributed by atoms with Gasteiger partial charge in [0.05, 0.1) is 12.3 Å². The minimum absolute atomic E-state index is 0.100. The van der Waals surface area contributed by atoms with Crippen molar-refractivity contribution in [3.63, 3.8) is 0 Å². The number of sulfonamides is 1. The second-order valence-corrected chi connectivity index (χ2v) is 4.74. The number of H-pyrrole nitrogens is 1. The monoisotopic (exact) mass is 219 g/mol. The molecule has 0 spiro atoms. The van der Waals surface area contributed by atoms with E-state index in [2.05, 4.69) is 14.9 Å². The van der Waals surface area contributed by atoms with Crippen LogP contribution in [0.15, 0.2) is 17.3 Å². The van der Waals surface area contributed by atoms with Gasteiger partial charge in [0.25, 0.3) is 0 Å². The minimum Gasteiger partial charge on any atom is -0.393 e. The highest BCUT2D eigenvalue weighted by Gasteiger charge is 2.14. The van der Waals surface area contributed by atoms with Crippen LogP contribution in [0.1, 0.15) is 13.3 Å². The standard InChI is InChI=1S/C7H13N3O3S/c1-6(11)2-3-10-14(12,13)7-4-8-9-5-7/h4-6,10-11H,2-3H2,1H3,(H,8,9). The van der Waals surface area contributed by atoms with Crippen molar-refractivity contribution in [1.82, 2.24) is 14.9 Å². The molecule has 0 bridgehead atoms. The molecule has 0 aliphatic heterocycles. The highest BCUT2D eigenvalue weighted by atomic mass is 32.2. The molecule has 0 saturated heterocycles. The van der Waals surface area contributed by atoms with Crippen molar-refractivity contribution in [2.45, 2.75) is 24.3 Å². The first-order chi connectivity index (χ1) is 6.52. The topological polar surface area (TPSA) is 95.1 Å². The summed E-state index contributed by atoms with van der Waals surface area (Å²) in [6.45, 7) is 1.82. The molecule has 0 aromatic carbocycles. The van der Waals surface area contributed by atoms with Crippen LogP contribution in [0.2, 0.25) is 0 Å². The third kappa shape index (κ3) is 3.09. The predicted molar refractivity (Wildman–Crippen MR) is 50.1 cm³/mol. The van der Waals surface area contributed by atoms with Crippen LogP contribution in [-0.2, 0) is 10.0 Å². The van der Waals surface area contributed by atoms with Crippen molar-refractivity contribution >= 4 is 10.0 Å². The van der Waals surface area contributed by atoms with Crippen molar-refractivity contribution in [3.8, 4) is 0 Å². The average Bonchev–Trinajstić information content (AvgIpc) is 2.54.